The molecule has 0 radical (unpaired) electrons. The van der Waals surface area contributed by atoms with Gasteiger partial charge in [-0.3, -0.25) is 4.79 Å². The Morgan fingerprint density at radius 1 is 1.08 bits per heavy atom. The van der Waals surface area contributed by atoms with Crippen molar-refractivity contribution >= 4 is 17.3 Å². The van der Waals surface area contributed by atoms with Gasteiger partial charge in [-0.15, -0.1) is 0 Å². The molecule has 2 N–H and O–H groups in total. The molecule has 6 heteroatoms. The molecule has 1 amide bonds. The Balaban J connectivity index is 1.93. The zero-order chi connectivity index (χ0) is 19.3. The normalized spacial score (nSPS) is 12.0. The van der Waals surface area contributed by atoms with Crippen LogP contribution in [0.4, 0.5) is 20.2 Å². The van der Waals surface area contributed by atoms with Crippen LogP contribution in [0.15, 0.2) is 42.5 Å². The highest BCUT2D eigenvalue weighted by atomic mass is 19.1. The topological polar surface area (TPSA) is 44.4 Å². The van der Waals surface area contributed by atoms with Crippen molar-refractivity contribution in [2.24, 2.45) is 0 Å². The molecular formula is C20H25F2N3O. The van der Waals surface area contributed by atoms with Crippen LogP contribution < -0.4 is 15.5 Å². The van der Waals surface area contributed by atoms with Crippen LogP contribution in [0.25, 0.3) is 0 Å². The molecular weight excluding hydrogens is 336 g/mol. The molecule has 0 aliphatic heterocycles. The van der Waals surface area contributed by atoms with E-state index in [1.807, 2.05) is 25.8 Å². The van der Waals surface area contributed by atoms with Gasteiger partial charge >= 0.3 is 0 Å². The van der Waals surface area contributed by atoms with Crippen LogP contribution in [0.1, 0.15) is 26.3 Å². The zero-order valence-electron chi connectivity index (χ0n) is 15.5. The summed E-state index contributed by atoms with van der Waals surface area (Å²) in [7, 11) is 1.84. The molecule has 2 aromatic carbocycles. The van der Waals surface area contributed by atoms with Crippen LogP contribution in [0, 0.1) is 11.6 Å². The van der Waals surface area contributed by atoms with Gasteiger partial charge in [0.1, 0.15) is 17.7 Å². The number of benzene rings is 2. The number of nitrogens with one attached hydrogen (secondary N) is 2. The van der Waals surface area contributed by atoms with E-state index in [-0.39, 0.29) is 23.6 Å². The van der Waals surface area contributed by atoms with Gasteiger partial charge in [0.25, 0.3) is 0 Å². The van der Waals surface area contributed by atoms with Gasteiger partial charge in [0, 0.05) is 25.3 Å². The molecule has 4 nitrogen and oxygen atoms in total. The molecule has 0 saturated carbocycles. The predicted molar refractivity (Wildman–Crippen MR) is 101 cm³/mol. The molecule has 1 atom stereocenters. The van der Waals surface area contributed by atoms with Crippen molar-refractivity contribution in [2.45, 2.75) is 39.4 Å². The Bertz CT molecular complexity index is 747. The number of hydrogen-bond acceptors (Lipinski definition) is 3. The summed E-state index contributed by atoms with van der Waals surface area (Å²) in [6.45, 7) is 5.97. The fraction of sp³-hybridized carbons (Fsp3) is 0.350. The van der Waals surface area contributed by atoms with Crippen LogP contribution >= 0.6 is 0 Å². The van der Waals surface area contributed by atoms with Crippen LogP contribution in [0.2, 0.25) is 0 Å². The van der Waals surface area contributed by atoms with Crippen molar-refractivity contribution in [1.29, 1.82) is 0 Å². The summed E-state index contributed by atoms with van der Waals surface area (Å²) in [5, 5.41) is 5.76. The molecule has 0 saturated heterocycles. The Morgan fingerprint density at radius 2 is 1.73 bits per heavy atom. The SMILES string of the molecule is CC(Nc1ccc(N(C)C(C)C)c(F)c1)C(=O)NCc1ccc(F)cc1. The molecule has 0 heterocycles. The van der Waals surface area contributed by atoms with Crippen molar-refractivity contribution in [3.05, 3.63) is 59.7 Å². The molecule has 2 rings (SSSR count). The average Bonchev–Trinajstić information content (AvgIpc) is 2.60. The summed E-state index contributed by atoms with van der Waals surface area (Å²) >= 11 is 0. The molecule has 26 heavy (non-hydrogen) atoms. The number of halogens is 2. The number of amides is 1. The Hall–Kier alpha value is -2.63. The van der Waals surface area contributed by atoms with Crippen molar-refractivity contribution in [3.8, 4) is 0 Å². The molecule has 140 valence electrons. The van der Waals surface area contributed by atoms with E-state index in [2.05, 4.69) is 10.6 Å². The van der Waals surface area contributed by atoms with Crippen LogP contribution in [-0.4, -0.2) is 25.0 Å². The third-order valence-corrected chi connectivity index (χ3v) is 4.26. The smallest absolute Gasteiger partial charge is 0.242 e. The van der Waals surface area contributed by atoms with E-state index in [1.165, 1.54) is 18.2 Å². The lowest BCUT2D eigenvalue weighted by atomic mass is 10.2. The molecule has 0 fully saturated rings. The second kappa shape index (κ2) is 8.65. The van der Waals surface area contributed by atoms with E-state index in [9.17, 15) is 13.6 Å². The summed E-state index contributed by atoms with van der Waals surface area (Å²) in [4.78, 5) is 14.0. The highest BCUT2D eigenvalue weighted by molar-refractivity contribution is 5.84. The van der Waals surface area contributed by atoms with E-state index >= 15 is 0 Å². The Labute approximate surface area is 153 Å². The maximum atomic E-state index is 14.3. The van der Waals surface area contributed by atoms with Gasteiger partial charge in [0.15, 0.2) is 0 Å². The first-order valence-corrected chi connectivity index (χ1v) is 8.59. The summed E-state index contributed by atoms with van der Waals surface area (Å²) < 4.78 is 27.2. The minimum Gasteiger partial charge on any atom is -0.374 e. The molecule has 2 aromatic rings. The average molecular weight is 361 g/mol. The van der Waals surface area contributed by atoms with Crippen LogP contribution in [-0.2, 0) is 11.3 Å². The largest absolute Gasteiger partial charge is 0.374 e. The number of carbonyl (C=O) groups is 1. The van der Waals surface area contributed by atoms with Crippen LogP contribution in [0.3, 0.4) is 0 Å². The number of carbonyl (C=O) groups excluding carboxylic acids is 1. The van der Waals surface area contributed by atoms with Gasteiger partial charge in [0.05, 0.1) is 5.69 Å². The summed E-state index contributed by atoms with van der Waals surface area (Å²) in [6.07, 6.45) is 0. The Kier molecular flexibility index (Phi) is 6.55. The number of nitrogens with zero attached hydrogens (tertiary/aromatic N) is 1. The Morgan fingerprint density at radius 3 is 2.31 bits per heavy atom. The quantitative estimate of drug-likeness (QED) is 0.785. The lowest BCUT2D eigenvalue weighted by molar-refractivity contribution is -0.121. The molecule has 1 unspecified atom stereocenters. The number of rotatable bonds is 7. The van der Waals surface area contributed by atoms with E-state index < -0.39 is 6.04 Å². The monoisotopic (exact) mass is 361 g/mol. The van der Waals surface area contributed by atoms with E-state index in [0.717, 1.165) is 5.56 Å². The van der Waals surface area contributed by atoms with Crippen molar-refractivity contribution in [1.82, 2.24) is 5.32 Å². The van der Waals surface area contributed by atoms with Gasteiger partial charge in [0.2, 0.25) is 5.91 Å². The summed E-state index contributed by atoms with van der Waals surface area (Å²) in [6, 6.07) is 10.4. The molecule has 0 spiro atoms. The van der Waals surface area contributed by atoms with Gasteiger partial charge in [-0.05, 0) is 56.7 Å². The maximum absolute atomic E-state index is 14.3. The standard InChI is InChI=1S/C20H25F2N3O/c1-13(2)25(4)19-10-9-17(11-18(19)22)24-14(3)20(26)23-12-15-5-7-16(21)8-6-15/h5-11,13-14,24H,12H2,1-4H3,(H,23,26). The van der Waals surface area contributed by atoms with Gasteiger partial charge < -0.3 is 15.5 Å². The number of hydrogen-bond donors (Lipinski definition) is 2. The third-order valence-electron chi connectivity index (χ3n) is 4.26. The minimum absolute atomic E-state index is 0.180. The summed E-state index contributed by atoms with van der Waals surface area (Å²) in [5.41, 5.74) is 1.85. The summed E-state index contributed by atoms with van der Waals surface area (Å²) in [5.74, 6) is -0.882. The fourth-order valence-corrected chi connectivity index (χ4v) is 2.42. The minimum atomic E-state index is -0.538. The second-order valence-electron chi connectivity index (χ2n) is 6.58. The highest BCUT2D eigenvalue weighted by Crippen LogP contribution is 2.23. The fourth-order valence-electron chi connectivity index (χ4n) is 2.42. The third kappa shape index (κ3) is 5.18. The molecule has 0 aliphatic rings. The highest BCUT2D eigenvalue weighted by Gasteiger charge is 2.15. The maximum Gasteiger partial charge on any atom is 0.242 e. The lowest BCUT2D eigenvalue weighted by Gasteiger charge is -2.25. The second-order valence-corrected chi connectivity index (χ2v) is 6.58. The first-order chi connectivity index (χ1) is 12.3. The van der Waals surface area contributed by atoms with Crippen molar-refractivity contribution < 1.29 is 13.6 Å². The van der Waals surface area contributed by atoms with Crippen molar-refractivity contribution in [2.75, 3.05) is 17.3 Å². The van der Waals surface area contributed by atoms with Gasteiger partial charge in [-0.1, -0.05) is 12.1 Å². The van der Waals surface area contributed by atoms with Gasteiger partial charge in [-0.25, -0.2) is 8.78 Å². The lowest BCUT2D eigenvalue weighted by Crippen LogP contribution is -2.37. The number of anilines is 2. The first kappa shape index (κ1) is 19.7. The zero-order valence-corrected chi connectivity index (χ0v) is 15.5. The van der Waals surface area contributed by atoms with Gasteiger partial charge in [-0.2, -0.15) is 0 Å². The first-order valence-electron chi connectivity index (χ1n) is 8.59. The predicted octanol–water partition coefficient (Wildman–Crippen LogP) is 3.93. The van der Waals surface area contributed by atoms with E-state index in [1.54, 1.807) is 31.2 Å². The van der Waals surface area contributed by atoms with E-state index in [0.29, 0.717) is 17.9 Å². The van der Waals surface area contributed by atoms with E-state index in [4.69, 9.17) is 0 Å². The molecule has 0 aliphatic carbocycles. The van der Waals surface area contributed by atoms with Crippen LogP contribution in [0.5, 0.6) is 0 Å². The van der Waals surface area contributed by atoms with Crippen molar-refractivity contribution in [3.63, 3.8) is 0 Å². The molecule has 0 aromatic heterocycles. The molecule has 0 bridgehead atoms.